The summed E-state index contributed by atoms with van der Waals surface area (Å²) in [4.78, 5) is 39.7. The fourth-order valence-electron chi connectivity index (χ4n) is 3.69. The van der Waals surface area contributed by atoms with Gasteiger partial charge in [-0.2, -0.15) is 8.78 Å². The number of alkyl halides is 2. The lowest BCUT2D eigenvalue weighted by atomic mass is 10.0. The molecule has 1 aliphatic heterocycles. The van der Waals surface area contributed by atoms with Gasteiger partial charge < -0.3 is 10.2 Å². The molecule has 3 rings (SSSR count). The molecule has 188 valence electrons. The second-order valence-electron chi connectivity index (χ2n) is 7.86. The van der Waals surface area contributed by atoms with Gasteiger partial charge in [0.1, 0.15) is 5.82 Å². The third-order valence-corrected chi connectivity index (χ3v) is 5.92. The summed E-state index contributed by atoms with van der Waals surface area (Å²) in [7, 11) is 0. The van der Waals surface area contributed by atoms with Crippen molar-refractivity contribution in [2.45, 2.75) is 25.9 Å². The van der Waals surface area contributed by atoms with Crippen molar-refractivity contribution in [3.8, 4) is 0 Å². The van der Waals surface area contributed by atoms with E-state index in [-0.39, 0.29) is 29.7 Å². The van der Waals surface area contributed by atoms with Crippen LogP contribution < -0.4 is 16.2 Å². The SMILES string of the molecule is CCN1CCN(C(=O)NCc2ccc(C(=O)NNC(=O)C(F)F)cc2F)C(c2ccc(Cl)cc2)C1. The van der Waals surface area contributed by atoms with Crippen LogP contribution >= 0.6 is 11.6 Å². The number of hydrazine groups is 1. The molecule has 0 radical (unpaired) electrons. The van der Waals surface area contributed by atoms with Crippen LogP contribution in [0.3, 0.4) is 0 Å². The highest BCUT2D eigenvalue weighted by Crippen LogP contribution is 2.27. The van der Waals surface area contributed by atoms with Crippen LogP contribution in [0, 0.1) is 5.82 Å². The maximum Gasteiger partial charge on any atom is 0.318 e. The van der Waals surface area contributed by atoms with Crippen LogP contribution in [-0.4, -0.2) is 60.2 Å². The number of piperazine rings is 1. The number of nitrogens with one attached hydrogen (secondary N) is 3. The maximum absolute atomic E-state index is 14.5. The highest BCUT2D eigenvalue weighted by Gasteiger charge is 2.31. The van der Waals surface area contributed by atoms with Gasteiger partial charge in [0.15, 0.2) is 0 Å². The van der Waals surface area contributed by atoms with E-state index in [1.807, 2.05) is 19.1 Å². The van der Waals surface area contributed by atoms with Gasteiger partial charge in [0.05, 0.1) is 6.04 Å². The molecule has 1 fully saturated rings. The van der Waals surface area contributed by atoms with E-state index >= 15 is 0 Å². The van der Waals surface area contributed by atoms with Crippen molar-refractivity contribution in [1.29, 1.82) is 0 Å². The second kappa shape index (κ2) is 11.9. The number of carbonyl (C=O) groups excluding carboxylic acids is 3. The first-order valence-corrected chi connectivity index (χ1v) is 11.3. The lowest BCUT2D eigenvalue weighted by Gasteiger charge is -2.41. The number of rotatable bonds is 6. The number of likely N-dealkylation sites (N-methyl/N-ethyl adjacent to an activating group) is 1. The lowest BCUT2D eigenvalue weighted by molar-refractivity contribution is -0.132. The molecule has 4 amide bonds. The van der Waals surface area contributed by atoms with Crippen LogP contribution in [-0.2, 0) is 11.3 Å². The Morgan fingerprint density at radius 2 is 1.80 bits per heavy atom. The number of halogens is 4. The summed E-state index contributed by atoms with van der Waals surface area (Å²) in [6, 6.07) is 10.2. The first kappa shape index (κ1) is 26.3. The summed E-state index contributed by atoms with van der Waals surface area (Å²) < 4.78 is 38.9. The minimum absolute atomic E-state index is 0.127. The van der Waals surface area contributed by atoms with Crippen LogP contribution in [0.2, 0.25) is 5.02 Å². The number of hydrogen-bond donors (Lipinski definition) is 3. The van der Waals surface area contributed by atoms with Crippen LogP contribution in [0.15, 0.2) is 42.5 Å². The average molecular weight is 512 g/mol. The number of benzene rings is 2. The summed E-state index contributed by atoms with van der Waals surface area (Å²) >= 11 is 6.00. The van der Waals surface area contributed by atoms with E-state index in [2.05, 4.69) is 10.2 Å². The topological polar surface area (TPSA) is 93.8 Å². The van der Waals surface area contributed by atoms with Gasteiger partial charge in [0.25, 0.3) is 5.91 Å². The molecule has 1 saturated heterocycles. The molecule has 1 atom stereocenters. The van der Waals surface area contributed by atoms with E-state index in [9.17, 15) is 27.6 Å². The van der Waals surface area contributed by atoms with E-state index in [0.717, 1.165) is 18.2 Å². The van der Waals surface area contributed by atoms with Crippen LogP contribution in [0.5, 0.6) is 0 Å². The molecule has 0 aliphatic carbocycles. The van der Waals surface area contributed by atoms with Gasteiger partial charge in [-0.1, -0.05) is 36.7 Å². The Morgan fingerprint density at radius 3 is 2.43 bits per heavy atom. The Labute approximate surface area is 205 Å². The zero-order valence-corrected chi connectivity index (χ0v) is 19.6. The van der Waals surface area contributed by atoms with Crippen LogP contribution in [0.25, 0.3) is 0 Å². The number of nitrogens with zero attached hydrogens (tertiary/aromatic N) is 2. The normalized spacial score (nSPS) is 16.2. The highest BCUT2D eigenvalue weighted by molar-refractivity contribution is 6.30. The molecular weight excluding hydrogens is 487 g/mol. The molecule has 0 saturated carbocycles. The molecule has 0 bridgehead atoms. The summed E-state index contributed by atoms with van der Waals surface area (Å²) in [5, 5.41) is 3.31. The lowest BCUT2D eigenvalue weighted by Crippen LogP contribution is -2.53. The van der Waals surface area contributed by atoms with Gasteiger partial charge in [-0.05, 0) is 36.4 Å². The van der Waals surface area contributed by atoms with Gasteiger partial charge in [-0.3, -0.25) is 25.3 Å². The molecule has 8 nitrogen and oxygen atoms in total. The molecule has 2 aromatic carbocycles. The average Bonchev–Trinajstić information content (AvgIpc) is 2.86. The van der Waals surface area contributed by atoms with Gasteiger partial charge >= 0.3 is 18.4 Å². The van der Waals surface area contributed by atoms with Gasteiger partial charge in [0, 0.05) is 42.3 Å². The highest BCUT2D eigenvalue weighted by atomic mass is 35.5. The summed E-state index contributed by atoms with van der Waals surface area (Å²) in [5.74, 6) is -3.42. The Kier molecular flexibility index (Phi) is 8.94. The molecule has 2 aromatic rings. The summed E-state index contributed by atoms with van der Waals surface area (Å²) in [6.45, 7) is 4.60. The van der Waals surface area contributed by atoms with Crippen LogP contribution in [0.1, 0.15) is 34.5 Å². The second-order valence-corrected chi connectivity index (χ2v) is 8.30. The van der Waals surface area contributed by atoms with Crippen molar-refractivity contribution in [2.75, 3.05) is 26.2 Å². The number of urea groups is 1. The minimum Gasteiger partial charge on any atom is -0.334 e. The number of carbonyl (C=O) groups is 3. The minimum atomic E-state index is -3.30. The van der Waals surface area contributed by atoms with E-state index < -0.39 is 24.1 Å². The molecule has 35 heavy (non-hydrogen) atoms. The third kappa shape index (κ3) is 6.86. The van der Waals surface area contributed by atoms with E-state index in [4.69, 9.17) is 11.6 Å². The summed E-state index contributed by atoms with van der Waals surface area (Å²) in [6.07, 6.45) is -3.30. The monoisotopic (exact) mass is 511 g/mol. The maximum atomic E-state index is 14.5. The first-order valence-electron chi connectivity index (χ1n) is 10.9. The van der Waals surface area contributed by atoms with Crippen molar-refractivity contribution in [3.63, 3.8) is 0 Å². The van der Waals surface area contributed by atoms with E-state index in [1.165, 1.54) is 17.6 Å². The Morgan fingerprint density at radius 1 is 1.09 bits per heavy atom. The Hall–Kier alpha value is -3.31. The van der Waals surface area contributed by atoms with Gasteiger partial charge in [-0.25, -0.2) is 9.18 Å². The number of amides is 4. The van der Waals surface area contributed by atoms with E-state index in [1.54, 1.807) is 22.5 Å². The van der Waals surface area contributed by atoms with Crippen LogP contribution in [0.4, 0.5) is 18.0 Å². The van der Waals surface area contributed by atoms with Crippen molar-refractivity contribution in [3.05, 3.63) is 70.0 Å². The molecule has 1 unspecified atom stereocenters. The largest absolute Gasteiger partial charge is 0.334 e. The predicted octanol–water partition coefficient (Wildman–Crippen LogP) is 3.09. The van der Waals surface area contributed by atoms with Crippen molar-refractivity contribution in [1.82, 2.24) is 26.0 Å². The zero-order chi connectivity index (χ0) is 25.5. The quantitative estimate of drug-likeness (QED) is 0.520. The Bertz CT molecular complexity index is 1070. The smallest absolute Gasteiger partial charge is 0.318 e. The molecule has 1 heterocycles. The van der Waals surface area contributed by atoms with Crippen molar-refractivity contribution in [2.24, 2.45) is 0 Å². The molecular formula is C23H25ClF3N5O3. The van der Waals surface area contributed by atoms with Crippen molar-refractivity contribution < 1.29 is 27.6 Å². The van der Waals surface area contributed by atoms with Gasteiger partial charge in [0.2, 0.25) is 0 Å². The molecule has 12 heteroatoms. The van der Waals surface area contributed by atoms with Crippen molar-refractivity contribution >= 4 is 29.4 Å². The zero-order valence-electron chi connectivity index (χ0n) is 18.9. The van der Waals surface area contributed by atoms with E-state index in [0.29, 0.717) is 24.7 Å². The van der Waals surface area contributed by atoms with Gasteiger partial charge in [-0.15, -0.1) is 0 Å². The third-order valence-electron chi connectivity index (χ3n) is 5.67. The molecule has 1 aliphatic rings. The molecule has 0 spiro atoms. The first-order chi connectivity index (χ1) is 16.7. The Balaban J connectivity index is 1.63. The summed E-state index contributed by atoms with van der Waals surface area (Å²) in [5.41, 5.74) is 4.18. The predicted molar refractivity (Wildman–Crippen MR) is 123 cm³/mol. The fourth-order valence-corrected chi connectivity index (χ4v) is 3.82. The fraction of sp³-hybridized carbons (Fsp3) is 0.348. The molecule has 3 N–H and O–H groups in total. The molecule has 0 aromatic heterocycles. The number of hydrogen-bond acceptors (Lipinski definition) is 4. The standard InChI is InChI=1S/C23H25ClF3N5O3/c1-2-31-9-10-32(19(13-31)14-5-7-17(24)8-6-14)23(35)28-12-16-4-3-15(11-18(16)25)21(33)29-30-22(34)20(26)27/h3-8,11,19-20H,2,9-10,12-13H2,1H3,(H,28,35)(H,29,33)(H,30,34).